The molecule has 0 amide bonds. The zero-order chi connectivity index (χ0) is 13.5. The third kappa shape index (κ3) is 1.83. The van der Waals surface area contributed by atoms with E-state index in [1.54, 1.807) is 12.1 Å². The highest BCUT2D eigenvalue weighted by Gasteiger charge is 2.23. The highest BCUT2D eigenvalue weighted by molar-refractivity contribution is 5.85. The van der Waals surface area contributed by atoms with Crippen LogP contribution in [0.3, 0.4) is 0 Å². The minimum atomic E-state index is -0.155. The number of aromatic nitrogens is 1. The summed E-state index contributed by atoms with van der Waals surface area (Å²) in [7, 11) is 0. The first-order valence-electron chi connectivity index (χ1n) is 7.15. The number of aromatic amines is 1. The van der Waals surface area contributed by atoms with E-state index < -0.39 is 0 Å². The zero-order valence-corrected chi connectivity index (χ0v) is 11.2. The molecule has 100 valence electrons. The molecule has 1 heterocycles. The van der Waals surface area contributed by atoms with Crippen molar-refractivity contribution in [2.45, 2.75) is 25.2 Å². The van der Waals surface area contributed by atoms with Gasteiger partial charge < -0.3 is 4.98 Å². The number of hydrogen-bond acceptors (Lipinski definition) is 0. The number of H-pyrrole nitrogens is 1. The number of halogens is 1. The van der Waals surface area contributed by atoms with Gasteiger partial charge in [-0.1, -0.05) is 30.3 Å². The van der Waals surface area contributed by atoms with E-state index >= 15 is 0 Å². The molecule has 2 aromatic carbocycles. The Morgan fingerprint density at radius 1 is 1.00 bits per heavy atom. The molecule has 0 fully saturated rings. The van der Waals surface area contributed by atoms with Gasteiger partial charge >= 0.3 is 0 Å². The monoisotopic (exact) mass is 265 g/mol. The molecule has 0 saturated heterocycles. The highest BCUT2D eigenvalue weighted by Crippen LogP contribution is 2.36. The Bertz CT molecular complexity index is 755. The van der Waals surface area contributed by atoms with Crippen molar-refractivity contribution in [3.8, 4) is 0 Å². The van der Waals surface area contributed by atoms with Crippen molar-refractivity contribution in [2.75, 3.05) is 0 Å². The lowest BCUT2D eigenvalue weighted by Gasteiger charge is -2.23. The van der Waals surface area contributed by atoms with Gasteiger partial charge in [0, 0.05) is 16.6 Å². The molecule has 0 spiro atoms. The Morgan fingerprint density at radius 3 is 2.65 bits per heavy atom. The Kier molecular flexibility index (Phi) is 2.62. The number of rotatable bonds is 1. The molecule has 0 aliphatic heterocycles. The molecule has 1 N–H and O–H groups in total. The van der Waals surface area contributed by atoms with Gasteiger partial charge in [0.1, 0.15) is 5.82 Å². The van der Waals surface area contributed by atoms with Gasteiger partial charge in [-0.2, -0.15) is 0 Å². The molecule has 1 unspecified atom stereocenters. The van der Waals surface area contributed by atoms with Gasteiger partial charge in [-0.3, -0.25) is 0 Å². The van der Waals surface area contributed by atoms with Crippen LogP contribution in [0.2, 0.25) is 0 Å². The number of nitrogens with one attached hydrogen (secondary N) is 1. The highest BCUT2D eigenvalue weighted by atomic mass is 19.1. The van der Waals surface area contributed by atoms with Gasteiger partial charge in [-0.25, -0.2) is 4.39 Å². The average molecular weight is 265 g/mol. The van der Waals surface area contributed by atoms with E-state index in [2.05, 4.69) is 29.2 Å². The van der Waals surface area contributed by atoms with E-state index in [1.165, 1.54) is 27.7 Å². The summed E-state index contributed by atoms with van der Waals surface area (Å²) in [5, 5.41) is 1.34. The van der Waals surface area contributed by atoms with Crippen molar-refractivity contribution in [3.05, 3.63) is 71.2 Å². The largest absolute Gasteiger partial charge is 0.358 e. The summed E-state index contributed by atoms with van der Waals surface area (Å²) in [5.41, 5.74) is 5.31. The SMILES string of the molecule is Fc1ccc(C2CCc3[nH]c4ccccc4c3C2)cc1. The van der Waals surface area contributed by atoms with Crippen LogP contribution in [0.5, 0.6) is 0 Å². The lowest BCUT2D eigenvalue weighted by atomic mass is 9.82. The van der Waals surface area contributed by atoms with Crippen molar-refractivity contribution in [1.29, 1.82) is 0 Å². The fourth-order valence-electron chi connectivity index (χ4n) is 3.39. The fraction of sp³-hybridized carbons (Fsp3) is 0.222. The third-order valence-electron chi connectivity index (χ3n) is 4.44. The summed E-state index contributed by atoms with van der Waals surface area (Å²) < 4.78 is 13.0. The lowest BCUT2D eigenvalue weighted by molar-refractivity contribution is 0.578. The van der Waals surface area contributed by atoms with Crippen LogP contribution in [0.1, 0.15) is 29.2 Å². The molecular formula is C18H16FN. The number of hydrogen-bond donors (Lipinski definition) is 1. The second kappa shape index (κ2) is 4.48. The van der Waals surface area contributed by atoms with Crippen molar-refractivity contribution < 1.29 is 4.39 Å². The Morgan fingerprint density at radius 2 is 1.80 bits per heavy atom. The van der Waals surface area contributed by atoms with Crippen LogP contribution in [-0.4, -0.2) is 4.98 Å². The quantitative estimate of drug-likeness (QED) is 0.663. The molecule has 0 bridgehead atoms. The molecule has 20 heavy (non-hydrogen) atoms. The second-order valence-corrected chi connectivity index (χ2v) is 5.62. The van der Waals surface area contributed by atoms with Crippen molar-refractivity contribution >= 4 is 10.9 Å². The van der Waals surface area contributed by atoms with Gasteiger partial charge in [0.2, 0.25) is 0 Å². The molecule has 1 nitrogen and oxygen atoms in total. The van der Waals surface area contributed by atoms with Crippen molar-refractivity contribution in [2.24, 2.45) is 0 Å². The minimum Gasteiger partial charge on any atom is -0.358 e. The minimum absolute atomic E-state index is 0.155. The maximum Gasteiger partial charge on any atom is 0.123 e. The van der Waals surface area contributed by atoms with E-state index in [4.69, 9.17) is 0 Å². The molecule has 1 aliphatic rings. The van der Waals surface area contributed by atoms with E-state index in [0.29, 0.717) is 5.92 Å². The van der Waals surface area contributed by atoms with Gasteiger partial charge in [-0.05, 0) is 54.5 Å². The van der Waals surface area contributed by atoms with Crippen molar-refractivity contribution in [1.82, 2.24) is 4.98 Å². The Hall–Kier alpha value is -2.09. The van der Waals surface area contributed by atoms with Crippen LogP contribution in [0, 0.1) is 5.82 Å². The zero-order valence-electron chi connectivity index (χ0n) is 11.2. The van der Waals surface area contributed by atoms with Crippen LogP contribution < -0.4 is 0 Å². The molecular weight excluding hydrogens is 249 g/mol. The van der Waals surface area contributed by atoms with Gasteiger partial charge in [0.25, 0.3) is 0 Å². The van der Waals surface area contributed by atoms with E-state index in [-0.39, 0.29) is 5.82 Å². The molecule has 1 aromatic heterocycles. The van der Waals surface area contributed by atoms with E-state index in [0.717, 1.165) is 19.3 Å². The maximum absolute atomic E-state index is 13.0. The molecule has 4 rings (SSSR count). The Labute approximate surface area is 117 Å². The van der Waals surface area contributed by atoms with Crippen LogP contribution in [0.15, 0.2) is 48.5 Å². The average Bonchev–Trinajstić information content (AvgIpc) is 2.86. The number of aryl methyl sites for hydroxylation is 1. The topological polar surface area (TPSA) is 15.8 Å². The van der Waals surface area contributed by atoms with Gasteiger partial charge in [-0.15, -0.1) is 0 Å². The van der Waals surface area contributed by atoms with Crippen LogP contribution in [-0.2, 0) is 12.8 Å². The van der Waals surface area contributed by atoms with Crippen molar-refractivity contribution in [3.63, 3.8) is 0 Å². The molecule has 2 heteroatoms. The fourth-order valence-corrected chi connectivity index (χ4v) is 3.39. The number of fused-ring (bicyclic) bond motifs is 3. The van der Waals surface area contributed by atoms with E-state index in [9.17, 15) is 4.39 Å². The first-order chi connectivity index (χ1) is 9.81. The van der Waals surface area contributed by atoms with E-state index in [1.807, 2.05) is 12.1 Å². The first-order valence-corrected chi connectivity index (χ1v) is 7.15. The summed E-state index contributed by atoms with van der Waals surface area (Å²) in [6.07, 6.45) is 3.25. The van der Waals surface area contributed by atoms with Gasteiger partial charge in [0.15, 0.2) is 0 Å². The molecule has 1 atom stereocenters. The van der Waals surface area contributed by atoms with Crippen LogP contribution >= 0.6 is 0 Å². The molecule has 1 aliphatic carbocycles. The van der Waals surface area contributed by atoms with Crippen LogP contribution in [0.4, 0.5) is 4.39 Å². The van der Waals surface area contributed by atoms with Crippen LogP contribution in [0.25, 0.3) is 10.9 Å². The lowest BCUT2D eigenvalue weighted by Crippen LogP contribution is -2.12. The second-order valence-electron chi connectivity index (χ2n) is 5.62. The standard InChI is InChI=1S/C18H16FN/c19-14-8-5-12(6-9-14)13-7-10-18-16(11-13)15-3-1-2-4-17(15)20-18/h1-6,8-9,13,20H,7,10-11H2. The predicted octanol–water partition coefficient (Wildman–Crippen LogP) is 4.58. The normalized spacial score (nSPS) is 18.1. The van der Waals surface area contributed by atoms with Gasteiger partial charge in [0.05, 0.1) is 0 Å². The summed E-state index contributed by atoms with van der Waals surface area (Å²) in [6, 6.07) is 15.5. The number of benzene rings is 2. The summed E-state index contributed by atoms with van der Waals surface area (Å²) >= 11 is 0. The Balaban J connectivity index is 1.73. The predicted molar refractivity (Wildman–Crippen MR) is 79.5 cm³/mol. The molecule has 3 aromatic rings. The molecule has 0 saturated carbocycles. The summed E-state index contributed by atoms with van der Waals surface area (Å²) in [4.78, 5) is 3.54. The first kappa shape index (κ1) is 11.7. The third-order valence-corrected chi connectivity index (χ3v) is 4.44. The molecule has 0 radical (unpaired) electrons. The number of para-hydroxylation sites is 1. The summed E-state index contributed by atoms with van der Waals surface area (Å²) in [6.45, 7) is 0. The maximum atomic E-state index is 13.0. The summed E-state index contributed by atoms with van der Waals surface area (Å²) in [5.74, 6) is 0.347. The smallest absolute Gasteiger partial charge is 0.123 e.